The molecule has 6 nitrogen and oxygen atoms in total. The van der Waals surface area contributed by atoms with Crippen molar-refractivity contribution in [2.45, 2.75) is 31.8 Å². The van der Waals surface area contributed by atoms with Gasteiger partial charge in [-0.05, 0) is 30.7 Å². The molecule has 0 radical (unpaired) electrons. The molecule has 1 aliphatic heterocycles. The van der Waals surface area contributed by atoms with Crippen molar-refractivity contribution in [2.24, 2.45) is 4.99 Å². The lowest BCUT2D eigenvalue weighted by Gasteiger charge is -2.34. The maximum absolute atomic E-state index is 6.09. The number of likely N-dealkylation sites (tertiary alicyclic amines) is 1. The first kappa shape index (κ1) is 22.4. The van der Waals surface area contributed by atoms with Crippen molar-refractivity contribution in [3.05, 3.63) is 60.4 Å². The van der Waals surface area contributed by atoms with Gasteiger partial charge in [-0.15, -0.1) is 24.0 Å². The van der Waals surface area contributed by atoms with Crippen LogP contribution in [-0.4, -0.2) is 53.6 Å². The molecule has 0 bridgehead atoms. The fourth-order valence-corrected chi connectivity index (χ4v) is 3.79. The molecule has 2 heterocycles. The van der Waals surface area contributed by atoms with Gasteiger partial charge in [-0.3, -0.25) is 4.99 Å². The number of aromatic nitrogens is 2. The highest BCUT2D eigenvalue weighted by Gasteiger charge is 2.22. The number of hydrogen-bond donors (Lipinski definition) is 2. The number of aliphatic imine (C=N–C) groups is 1. The zero-order chi connectivity index (χ0) is 19.9. The molecular formula is C23H30IN5O. The molecular weight excluding hydrogens is 489 g/mol. The summed E-state index contributed by atoms with van der Waals surface area (Å²) in [5, 5.41) is 3.50. The second kappa shape index (κ2) is 11.2. The third-order valence-corrected chi connectivity index (χ3v) is 5.31. The number of para-hydroxylation sites is 3. The number of aromatic amines is 1. The first-order valence-electron chi connectivity index (χ1n) is 10.4. The van der Waals surface area contributed by atoms with Gasteiger partial charge in [0.05, 0.1) is 11.0 Å². The Hall–Kier alpha value is -2.29. The van der Waals surface area contributed by atoms with Crippen molar-refractivity contribution >= 4 is 41.0 Å². The van der Waals surface area contributed by atoms with E-state index in [1.54, 1.807) is 0 Å². The Kier molecular flexibility index (Phi) is 8.36. The molecule has 3 aromatic rings. The molecule has 1 aliphatic rings. The average molecular weight is 519 g/mol. The molecule has 0 aliphatic carbocycles. The molecule has 2 aromatic carbocycles. The van der Waals surface area contributed by atoms with Gasteiger partial charge in [0, 0.05) is 45.9 Å². The van der Waals surface area contributed by atoms with Crippen LogP contribution in [0.3, 0.4) is 0 Å². The van der Waals surface area contributed by atoms with Crippen molar-refractivity contribution in [3.8, 4) is 5.75 Å². The van der Waals surface area contributed by atoms with Gasteiger partial charge in [-0.25, -0.2) is 4.98 Å². The summed E-state index contributed by atoms with van der Waals surface area (Å²) in [6.07, 6.45) is 4.22. The Morgan fingerprint density at radius 3 is 2.60 bits per heavy atom. The average Bonchev–Trinajstić information content (AvgIpc) is 3.18. The largest absolute Gasteiger partial charge is 0.490 e. The molecule has 1 fully saturated rings. The quantitative estimate of drug-likeness (QED) is 0.222. The third-order valence-electron chi connectivity index (χ3n) is 5.31. The van der Waals surface area contributed by atoms with Crippen LogP contribution in [0.25, 0.3) is 11.0 Å². The van der Waals surface area contributed by atoms with Crippen LogP contribution in [0.15, 0.2) is 59.6 Å². The Labute approximate surface area is 195 Å². The first-order valence-corrected chi connectivity index (χ1v) is 10.4. The number of imidazole rings is 1. The number of piperidine rings is 1. The Morgan fingerprint density at radius 1 is 1.13 bits per heavy atom. The van der Waals surface area contributed by atoms with Gasteiger partial charge in [0.25, 0.3) is 0 Å². The van der Waals surface area contributed by atoms with Crippen LogP contribution < -0.4 is 10.1 Å². The normalized spacial score (nSPS) is 15.1. The van der Waals surface area contributed by atoms with E-state index in [0.717, 1.165) is 73.9 Å². The Bertz CT molecular complexity index is 902. The number of hydrogen-bond acceptors (Lipinski definition) is 3. The lowest BCUT2D eigenvalue weighted by Crippen LogP contribution is -2.47. The lowest BCUT2D eigenvalue weighted by atomic mass is 10.1. The van der Waals surface area contributed by atoms with Gasteiger partial charge in [-0.2, -0.15) is 0 Å². The highest BCUT2D eigenvalue weighted by atomic mass is 127. The minimum atomic E-state index is 0. The van der Waals surface area contributed by atoms with E-state index in [4.69, 9.17) is 4.74 Å². The number of nitrogens with one attached hydrogen (secondary N) is 2. The summed E-state index contributed by atoms with van der Waals surface area (Å²) >= 11 is 0. The molecule has 0 atom stereocenters. The topological polar surface area (TPSA) is 65.5 Å². The Balaban J connectivity index is 0.00000256. The van der Waals surface area contributed by atoms with Gasteiger partial charge >= 0.3 is 0 Å². The Morgan fingerprint density at radius 2 is 1.87 bits per heavy atom. The summed E-state index contributed by atoms with van der Waals surface area (Å²) in [6, 6.07) is 18.3. The molecule has 0 spiro atoms. The number of aryl methyl sites for hydroxylation is 1. The molecule has 30 heavy (non-hydrogen) atoms. The molecule has 0 unspecified atom stereocenters. The predicted octanol–water partition coefficient (Wildman–Crippen LogP) is 4.23. The standard InChI is InChI=1S/C23H29N5O.HI/c1-24-23(25-15-7-12-22-26-20-10-5-6-11-21(20)27-22)28-16-13-19(14-17-28)29-18-8-3-2-4-9-18;/h2-6,8-11,19H,7,12-17H2,1H3,(H,24,25)(H,26,27);1H. The van der Waals surface area contributed by atoms with E-state index >= 15 is 0 Å². The SMILES string of the molecule is CN=C(NCCCc1nc2ccccc2[nH]1)N1CCC(Oc2ccccc2)CC1.I. The van der Waals surface area contributed by atoms with Crippen molar-refractivity contribution in [3.63, 3.8) is 0 Å². The number of benzene rings is 2. The maximum Gasteiger partial charge on any atom is 0.193 e. The molecule has 0 amide bonds. The monoisotopic (exact) mass is 519 g/mol. The van der Waals surface area contributed by atoms with Gasteiger partial charge < -0.3 is 19.9 Å². The maximum atomic E-state index is 6.09. The molecule has 4 rings (SSSR count). The summed E-state index contributed by atoms with van der Waals surface area (Å²) in [7, 11) is 1.86. The number of guanidine groups is 1. The molecule has 2 N–H and O–H groups in total. The number of fused-ring (bicyclic) bond motifs is 1. The van der Waals surface area contributed by atoms with Crippen LogP contribution in [0.1, 0.15) is 25.1 Å². The highest BCUT2D eigenvalue weighted by molar-refractivity contribution is 14.0. The van der Waals surface area contributed by atoms with Gasteiger partial charge in [0.1, 0.15) is 17.7 Å². The number of ether oxygens (including phenoxy) is 1. The minimum absolute atomic E-state index is 0. The summed E-state index contributed by atoms with van der Waals surface area (Å²) in [6.45, 7) is 2.80. The predicted molar refractivity (Wildman–Crippen MR) is 133 cm³/mol. The fraction of sp³-hybridized carbons (Fsp3) is 0.391. The van der Waals surface area contributed by atoms with Crippen molar-refractivity contribution < 1.29 is 4.74 Å². The van der Waals surface area contributed by atoms with E-state index < -0.39 is 0 Å². The van der Waals surface area contributed by atoms with E-state index in [1.165, 1.54) is 0 Å². The molecule has 7 heteroatoms. The number of halogens is 1. The third kappa shape index (κ3) is 5.87. The number of nitrogens with zero attached hydrogens (tertiary/aromatic N) is 3. The fourth-order valence-electron chi connectivity index (χ4n) is 3.79. The van der Waals surface area contributed by atoms with Crippen LogP contribution >= 0.6 is 24.0 Å². The van der Waals surface area contributed by atoms with Crippen molar-refractivity contribution in [2.75, 3.05) is 26.7 Å². The van der Waals surface area contributed by atoms with E-state index in [-0.39, 0.29) is 30.1 Å². The van der Waals surface area contributed by atoms with Crippen LogP contribution in [0.2, 0.25) is 0 Å². The van der Waals surface area contributed by atoms with Crippen LogP contribution in [0.5, 0.6) is 5.75 Å². The summed E-state index contributed by atoms with van der Waals surface area (Å²) in [5.41, 5.74) is 2.14. The lowest BCUT2D eigenvalue weighted by molar-refractivity contribution is 0.129. The van der Waals surface area contributed by atoms with Crippen LogP contribution in [0.4, 0.5) is 0 Å². The molecule has 0 saturated carbocycles. The second-order valence-electron chi connectivity index (χ2n) is 7.40. The minimum Gasteiger partial charge on any atom is -0.490 e. The molecule has 1 aromatic heterocycles. The van der Waals surface area contributed by atoms with E-state index in [1.807, 2.05) is 55.6 Å². The second-order valence-corrected chi connectivity index (χ2v) is 7.40. The number of rotatable bonds is 6. The van der Waals surface area contributed by atoms with Gasteiger partial charge in [0.15, 0.2) is 5.96 Å². The zero-order valence-corrected chi connectivity index (χ0v) is 19.7. The van der Waals surface area contributed by atoms with Crippen molar-refractivity contribution in [1.82, 2.24) is 20.2 Å². The van der Waals surface area contributed by atoms with E-state index in [2.05, 4.69) is 31.2 Å². The zero-order valence-electron chi connectivity index (χ0n) is 17.4. The van der Waals surface area contributed by atoms with Crippen LogP contribution in [0, 0.1) is 0 Å². The van der Waals surface area contributed by atoms with Crippen molar-refractivity contribution in [1.29, 1.82) is 0 Å². The number of H-pyrrole nitrogens is 1. The first-order chi connectivity index (χ1) is 14.3. The summed E-state index contributed by atoms with van der Waals surface area (Å²) in [4.78, 5) is 14.8. The van der Waals surface area contributed by atoms with Crippen LogP contribution in [-0.2, 0) is 6.42 Å². The summed E-state index contributed by atoms with van der Waals surface area (Å²) < 4.78 is 6.09. The van der Waals surface area contributed by atoms with E-state index in [9.17, 15) is 0 Å². The van der Waals surface area contributed by atoms with Gasteiger partial charge in [-0.1, -0.05) is 30.3 Å². The highest BCUT2D eigenvalue weighted by Crippen LogP contribution is 2.18. The van der Waals surface area contributed by atoms with E-state index in [0.29, 0.717) is 0 Å². The smallest absolute Gasteiger partial charge is 0.193 e. The summed E-state index contributed by atoms with van der Waals surface area (Å²) in [5.74, 6) is 2.98. The molecule has 160 valence electrons. The molecule has 1 saturated heterocycles. The van der Waals surface area contributed by atoms with Gasteiger partial charge in [0.2, 0.25) is 0 Å².